The molecule has 2 amide bonds. The molecule has 178 valence electrons. The highest BCUT2D eigenvalue weighted by molar-refractivity contribution is 6.31. The fourth-order valence-corrected chi connectivity index (χ4v) is 4.69. The van der Waals surface area contributed by atoms with E-state index in [1.54, 1.807) is 0 Å². The summed E-state index contributed by atoms with van der Waals surface area (Å²) in [6, 6.07) is 17.7. The third kappa shape index (κ3) is 6.91. The summed E-state index contributed by atoms with van der Waals surface area (Å²) in [4.78, 5) is 17.7. The molecular weight excluding hydrogens is 440 g/mol. The number of nitrogens with one attached hydrogen (secondary N) is 2. The van der Waals surface area contributed by atoms with Gasteiger partial charge in [0.2, 0.25) is 0 Å². The maximum atomic E-state index is 13.0. The standard InChI is InChI=1S/C25H33ClN4O3/c26-22-9-5-4-8-21(22)24(30-12-16-33-17-13-30)18-27-25(31)28-23(20-6-2-1-3-7-20)19-29-10-14-32-15-11-29/h1-9,23-24H,10-19H2,(H2,27,28,31). The van der Waals surface area contributed by atoms with Crippen LogP contribution in [0.2, 0.25) is 5.02 Å². The molecule has 0 spiro atoms. The molecule has 2 unspecified atom stereocenters. The summed E-state index contributed by atoms with van der Waals surface area (Å²) in [5, 5.41) is 7.02. The monoisotopic (exact) mass is 472 g/mol. The predicted octanol–water partition coefficient (Wildman–Crippen LogP) is 3.09. The molecule has 4 rings (SSSR count). The van der Waals surface area contributed by atoms with Gasteiger partial charge in [-0.25, -0.2) is 4.79 Å². The molecule has 0 aromatic heterocycles. The molecule has 8 heteroatoms. The number of hydrogen-bond acceptors (Lipinski definition) is 5. The van der Waals surface area contributed by atoms with Gasteiger partial charge >= 0.3 is 6.03 Å². The number of amides is 2. The van der Waals surface area contributed by atoms with Crippen molar-refractivity contribution < 1.29 is 14.3 Å². The molecule has 2 heterocycles. The van der Waals surface area contributed by atoms with Crippen LogP contribution in [-0.2, 0) is 9.47 Å². The number of rotatable bonds is 8. The summed E-state index contributed by atoms with van der Waals surface area (Å²) in [5.41, 5.74) is 2.12. The Balaban J connectivity index is 1.42. The number of halogens is 1. The number of carbonyl (C=O) groups is 1. The van der Waals surface area contributed by atoms with E-state index < -0.39 is 0 Å². The fraction of sp³-hybridized carbons (Fsp3) is 0.480. The Bertz CT molecular complexity index is 873. The normalized spacial score (nSPS) is 19.5. The highest BCUT2D eigenvalue weighted by Crippen LogP contribution is 2.27. The predicted molar refractivity (Wildman–Crippen MR) is 130 cm³/mol. The van der Waals surface area contributed by atoms with Gasteiger partial charge in [0.25, 0.3) is 0 Å². The Morgan fingerprint density at radius 1 is 0.909 bits per heavy atom. The first kappa shape index (κ1) is 24.0. The number of hydrogen-bond donors (Lipinski definition) is 2. The number of urea groups is 1. The zero-order valence-electron chi connectivity index (χ0n) is 18.9. The van der Waals surface area contributed by atoms with Crippen LogP contribution in [0.4, 0.5) is 4.79 Å². The topological polar surface area (TPSA) is 66.1 Å². The van der Waals surface area contributed by atoms with Gasteiger partial charge in [0.15, 0.2) is 0 Å². The molecule has 2 atom stereocenters. The van der Waals surface area contributed by atoms with E-state index in [0.717, 1.165) is 57.1 Å². The molecule has 2 saturated heterocycles. The van der Waals surface area contributed by atoms with Gasteiger partial charge in [-0.3, -0.25) is 9.80 Å². The summed E-state index contributed by atoms with van der Waals surface area (Å²) < 4.78 is 11.0. The zero-order valence-corrected chi connectivity index (χ0v) is 19.7. The van der Waals surface area contributed by atoms with Crippen LogP contribution in [0.5, 0.6) is 0 Å². The molecule has 0 aliphatic carbocycles. The molecular formula is C25H33ClN4O3. The average Bonchev–Trinajstić information content (AvgIpc) is 2.86. The average molecular weight is 473 g/mol. The molecule has 2 aliphatic rings. The number of nitrogens with zero attached hydrogens (tertiary/aromatic N) is 2. The summed E-state index contributed by atoms with van der Waals surface area (Å²) >= 11 is 6.52. The number of morpholine rings is 2. The lowest BCUT2D eigenvalue weighted by Crippen LogP contribution is -2.48. The van der Waals surface area contributed by atoms with Crippen molar-refractivity contribution in [3.05, 3.63) is 70.7 Å². The van der Waals surface area contributed by atoms with E-state index >= 15 is 0 Å². The van der Waals surface area contributed by atoms with Crippen molar-refractivity contribution in [1.29, 1.82) is 0 Å². The first-order chi connectivity index (χ1) is 16.2. The van der Waals surface area contributed by atoms with E-state index in [4.69, 9.17) is 21.1 Å². The lowest BCUT2D eigenvalue weighted by molar-refractivity contribution is 0.0166. The first-order valence-corrected chi connectivity index (χ1v) is 12.0. The van der Waals surface area contributed by atoms with Crippen molar-refractivity contribution in [2.24, 2.45) is 0 Å². The summed E-state index contributed by atoms with van der Waals surface area (Å²) in [6.45, 7) is 7.40. The third-order valence-corrected chi connectivity index (χ3v) is 6.60. The van der Waals surface area contributed by atoms with E-state index in [-0.39, 0.29) is 18.1 Å². The van der Waals surface area contributed by atoms with Crippen molar-refractivity contribution in [2.45, 2.75) is 12.1 Å². The molecule has 33 heavy (non-hydrogen) atoms. The van der Waals surface area contributed by atoms with Gasteiger partial charge in [-0.05, 0) is 17.2 Å². The minimum atomic E-state index is -0.178. The van der Waals surface area contributed by atoms with Crippen molar-refractivity contribution in [2.75, 3.05) is 65.7 Å². The molecule has 2 aromatic carbocycles. The van der Waals surface area contributed by atoms with E-state index in [9.17, 15) is 4.79 Å². The molecule has 7 nitrogen and oxygen atoms in total. The van der Waals surface area contributed by atoms with E-state index in [1.807, 2.05) is 42.5 Å². The van der Waals surface area contributed by atoms with Crippen molar-refractivity contribution in [1.82, 2.24) is 20.4 Å². The van der Waals surface area contributed by atoms with E-state index in [2.05, 4.69) is 32.6 Å². The second-order valence-electron chi connectivity index (χ2n) is 8.42. The number of benzene rings is 2. The Morgan fingerprint density at radius 2 is 1.55 bits per heavy atom. The van der Waals surface area contributed by atoms with Gasteiger partial charge in [0, 0.05) is 44.3 Å². The minimum absolute atomic E-state index is 0.0113. The molecule has 0 radical (unpaired) electrons. The summed E-state index contributed by atoms with van der Waals surface area (Å²) in [6.07, 6.45) is 0. The lowest BCUT2D eigenvalue weighted by Gasteiger charge is -2.35. The van der Waals surface area contributed by atoms with Crippen LogP contribution < -0.4 is 10.6 Å². The SMILES string of the molecule is O=C(NCC(c1ccccc1Cl)N1CCOCC1)NC(CN1CCOCC1)c1ccccc1. The van der Waals surface area contributed by atoms with Gasteiger partial charge in [-0.15, -0.1) is 0 Å². The Morgan fingerprint density at radius 3 is 2.24 bits per heavy atom. The molecule has 0 bridgehead atoms. The van der Waals surface area contributed by atoms with Crippen LogP contribution in [-0.4, -0.2) is 81.5 Å². The molecule has 2 aromatic rings. The van der Waals surface area contributed by atoms with Crippen LogP contribution in [0.1, 0.15) is 23.2 Å². The van der Waals surface area contributed by atoms with E-state index in [0.29, 0.717) is 24.8 Å². The maximum Gasteiger partial charge on any atom is 0.315 e. The van der Waals surface area contributed by atoms with Crippen molar-refractivity contribution in [3.63, 3.8) is 0 Å². The first-order valence-electron chi connectivity index (χ1n) is 11.7. The van der Waals surface area contributed by atoms with Gasteiger partial charge < -0.3 is 20.1 Å². The van der Waals surface area contributed by atoms with Crippen LogP contribution in [0.3, 0.4) is 0 Å². The Hall–Kier alpha value is -2.16. The zero-order chi connectivity index (χ0) is 22.9. The van der Waals surface area contributed by atoms with Crippen LogP contribution in [0.15, 0.2) is 54.6 Å². The van der Waals surface area contributed by atoms with Gasteiger partial charge in [-0.2, -0.15) is 0 Å². The Kier molecular flexibility index (Phi) is 8.97. The van der Waals surface area contributed by atoms with Gasteiger partial charge in [0.05, 0.1) is 38.5 Å². The highest BCUT2D eigenvalue weighted by Gasteiger charge is 2.26. The molecule has 2 aliphatic heterocycles. The summed E-state index contributed by atoms with van der Waals surface area (Å²) in [5.74, 6) is 0. The Labute approximate surface area is 201 Å². The second kappa shape index (κ2) is 12.3. The molecule has 2 N–H and O–H groups in total. The summed E-state index contributed by atoms with van der Waals surface area (Å²) in [7, 11) is 0. The van der Waals surface area contributed by atoms with Gasteiger partial charge in [0.1, 0.15) is 0 Å². The largest absolute Gasteiger partial charge is 0.379 e. The third-order valence-electron chi connectivity index (χ3n) is 6.26. The van der Waals surface area contributed by atoms with Gasteiger partial charge in [-0.1, -0.05) is 60.1 Å². The molecule has 2 fully saturated rings. The van der Waals surface area contributed by atoms with Crippen molar-refractivity contribution >= 4 is 17.6 Å². The number of ether oxygens (including phenoxy) is 2. The fourth-order valence-electron chi connectivity index (χ4n) is 4.43. The quantitative estimate of drug-likeness (QED) is 0.618. The second-order valence-corrected chi connectivity index (χ2v) is 8.82. The lowest BCUT2D eigenvalue weighted by atomic mass is 10.0. The maximum absolute atomic E-state index is 13.0. The smallest absolute Gasteiger partial charge is 0.315 e. The number of carbonyl (C=O) groups excluding carboxylic acids is 1. The van der Waals surface area contributed by atoms with E-state index in [1.165, 1.54) is 0 Å². The molecule has 0 saturated carbocycles. The van der Waals surface area contributed by atoms with Crippen molar-refractivity contribution in [3.8, 4) is 0 Å². The van der Waals surface area contributed by atoms with Crippen LogP contribution in [0.25, 0.3) is 0 Å². The van der Waals surface area contributed by atoms with Crippen LogP contribution >= 0.6 is 11.6 Å². The minimum Gasteiger partial charge on any atom is -0.379 e. The van der Waals surface area contributed by atoms with Crippen LogP contribution in [0, 0.1) is 0 Å². The highest BCUT2D eigenvalue weighted by atomic mass is 35.5.